The average molecular weight is 528 g/mol. The Hall–Kier alpha value is -2.04. The van der Waals surface area contributed by atoms with Gasteiger partial charge in [-0.05, 0) is 31.9 Å². The van der Waals surface area contributed by atoms with Crippen LogP contribution in [0.2, 0.25) is 0 Å². The number of nitrogens with zero attached hydrogens (tertiary/aromatic N) is 4. The molecule has 0 aliphatic carbocycles. The number of ether oxygens (including phenoxy) is 2. The number of fused-ring (bicyclic) bond motifs is 1. The molecule has 0 fully saturated rings. The molecular formula is C21H33IN6O2. The third-order valence-electron chi connectivity index (χ3n) is 5.07. The van der Waals surface area contributed by atoms with Gasteiger partial charge >= 0.3 is 0 Å². The normalized spacial score (nSPS) is 13.6. The van der Waals surface area contributed by atoms with Crippen molar-refractivity contribution in [2.24, 2.45) is 4.99 Å². The van der Waals surface area contributed by atoms with Crippen LogP contribution in [0.25, 0.3) is 0 Å². The van der Waals surface area contributed by atoms with Gasteiger partial charge in [-0.3, -0.25) is 0 Å². The van der Waals surface area contributed by atoms with Gasteiger partial charge in [-0.15, -0.1) is 34.2 Å². The monoisotopic (exact) mass is 528 g/mol. The molecule has 0 spiro atoms. The summed E-state index contributed by atoms with van der Waals surface area (Å²) >= 11 is 0. The Kier molecular flexibility index (Phi) is 10.2. The predicted octanol–water partition coefficient (Wildman–Crippen LogP) is 2.94. The standard InChI is InChI=1S/C21H32N6O2.HI/c1-4-22-21(24-15-16-9-10-17(28-2)14-18(16)29-3)23-12-11-20-26-25-19-8-6-5-7-13-27(19)20;/h9-10,14H,4-8,11-13,15H2,1-3H3,(H2,22,23,24);1H. The number of hydrogen-bond acceptors (Lipinski definition) is 5. The summed E-state index contributed by atoms with van der Waals surface area (Å²) in [5.74, 6) is 4.51. The van der Waals surface area contributed by atoms with Crippen LogP contribution < -0.4 is 20.1 Å². The van der Waals surface area contributed by atoms with Gasteiger partial charge in [-0.1, -0.05) is 6.42 Å². The lowest BCUT2D eigenvalue weighted by Gasteiger charge is -2.13. The summed E-state index contributed by atoms with van der Waals surface area (Å²) in [6.45, 7) is 5.16. The van der Waals surface area contributed by atoms with E-state index in [0.29, 0.717) is 6.54 Å². The lowest BCUT2D eigenvalue weighted by atomic mass is 10.2. The zero-order chi connectivity index (χ0) is 20.5. The van der Waals surface area contributed by atoms with Crippen LogP contribution >= 0.6 is 24.0 Å². The molecule has 0 saturated carbocycles. The number of methoxy groups -OCH3 is 2. The second-order valence-electron chi connectivity index (χ2n) is 7.04. The van der Waals surface area contributed by atoms with Crippen molar-refractivity contribution in [2.45, 2.75) is 52.1 Å². The Morgan fingerprint density at radius 2 is 2.00 bits per heavy atom. The minimum absolute atomic E-state index is 0. The molecule has 0 bridgehead atoms. The third kappa shape index (κ3) is 6.48. The highest BCUT2D eigenvalue weighted by Gasteiger charge is 2.14. The van der Waals surface area contributed by atoms with Crippen LogP contribution in [0, 0.1) is 0 Å². The summed E-state index contributed by atoms with van der Waals surface area (Å²) in [6.07, 6.45) is 5.55. The second kappa shape index (κ2) is 12.6. The maximum absolute atomic E-state index is 5.47. The van der Waals surface area contributed by atoms with Gasteiger partial charge < -0.3 is 24.7 Å². The molecule has 1 aromatic carbocycles. The first-order valence-electron chi connectivity index (χ1n) is 10.4. The van der Waals surface area contributed by atoms with E-state index >= 15 is 0 Å². The second-order valence-corrected chi connectivity index (χ2v) is 7.04. The average Bonchev–Trinajstić information content (AvgIpc) is 2.97. The molecule has 2 N–H and O–H groups in total. The summed E-state index contributed by atoms with van der Waals surface area (Å²) in [5, 5.41) is 15.5. The SMILES string of the molecule is CCNC(=NCc1ccc(OC)cc1OC)NCCc1nnc2n1CCCCC2.I. The van der Waals surface area contributed by atoms with Crippen LogP contribution in [0.15, 0.2) is 23.2 Å². The number of nitrogens with one attached hydrogen (secondary N) is 2. The van der Waals surface area contributed by atoms with E-state index in [9.17, 15) is 0 Å². The summed E-state index contributed by atoms with van der Waals surface area (Å²) in [7, 11) is 3.31. The molecule has 1 aliphatic rings. The smallest absolute Gasteiger partial charge is 0.191 e. The Balaban J connectivity index is 0.00000320. The maximum Gasteiger partial charge on any atom is 0.191 e. The van der Waals surface area contributed by atoms with Crippen LogP contribution in [-0.2, 0) is 25.9 Å². The Bertz CT molecular complexity index is 824. The van der Waals surface area contributed by atoms with Crippen LogP contribution in [0.4, 0.5) is 0 Å². The van der Waals surface area contributed by atoms with Crippen molar-refractivity contribution in [1.29, 1.82) is 0 Å². The molecule has 9 heteroatoms. The van der Waals surface area contributed by atoms with Crippen molar-refractivity contribution in [2.75, 3.05) is 27.3 Å². The number of rotatable bonds is 8. The number of aliphatic imine (C=N–C) groups is 1. The third-order valence-corrected chi connectivity index (χ3v) is 5.07. The molecule has 8 nitrogen and oxygen atoms in total. The number of benzene rings is 1. The molecular weight excluding hydrogens is 495 g/mol. The number of guanidine groups is 1. The van der Waals surface area contributed by atoms with E-state index in [1.54, 1.807) is 14.2 Å². The van der Waals surface area contributed by atoms with Crippen molar-refractivity contribution in [3.63, 3.8) is 0 Å². The number of aromatic nitrogens is 3. The molecule has 1 aliphatic heterocycles. The minimum Gasteiger partial charge on any atom is -0.497 e. The highest BCUT2D eigenvalue weighted by molar-refractivity contribution is 14.0. The fraction of sp³-hybridized carbons (Fsp3) is 0.571. The van der Waals surface area contributed by atoms with Gasteiger partial charge in [-0.2, -0.15) is 0 Å². The van der Waals surface area contributed by atoms with Crippen LogP contribution in [0.1, 0.15) is 43.4 Å². The molecule has 2 aromatic rings. The quantitative estimate of drug-likeness (QED) is 0.312. The molecule has 0 unspecified atom stereocenters. The van der Waals surface area contributed by atoms with Gasteiger partial charge in [0.1, 0.15) is 23.1 Å². The summed E-state index contributed by atoms with van der Waals surface area (Å²) in [4.78, 5) is 4.70. The fourth-order valence-corrected chi connectivity index (χ4v) is 3.51. The van der Waals surface area contributed by atoms with E-state index in [-0.39, 0.29) is 24.0 Å². The van der Waals surface area contributed by atoms with Gasteiger partial charge in [-0.25, -0.2) is 4.99 Å². The molecule has 0 saturated heterocycles. The molecule has 166 valence electrons. The highest BCUT2D eigenvalue weighted by Crippen LogP contribution is 2.25. The summed E-state index contributed by atoms with van der Waals surface area (Å²) < 4.78 is 13.0. The first-order chi connectivity index (χ1) is 14.2. The molecule has 30 heavy (non-hydrogen) atoms. The largest absolute Gasteiger partial charge is 0.497 e. The van der Waals surface area contributed by atoms with Crippen molar-refractivity contribution >= 4 is 29.9 Å². The van der Waals surface area contributed by atoms with Crippen molar-refractivity contribution in [3.05, 3.63) is 35.4 Å². The Labute approximate surface area is 195 Å². The van der Waals surface area contributed by atoms with Gasteiger partial charge in [0.05, 0.1) is 20.8 Å². The lowest BCUT2D eigenvalue weighted by Crippen LogP contribution is -2.38. The lowest BCUT2D eigenvalue weighted by molar-refractivity contribution is 0.391. The van der Waals surface area contributed by atoms with Crippen molar-refractivity contribution < 1.29 is 9.47 Å². The highest BCUT2D eigenvalue weighted by atomic mass is 127. The zero-order valence-corrected chi connectivity index (χ0v) is 20.4. The molecule has 0 amide bonds. The first-order valence-corrected chi connectivity index (χ1v) is 10.4. The molecule has 2 heterocycles. The molecule has 0 atom stereocenters. The van der Waals surface area contributed by atoms with E-state index in [1.165, 1.54) is 19.3 Å². The van der Waals surface area contributed by atoms with Gasteiger partial charge in [0.15, 0.2) is 5.96 Å². The first kappa shape index (κ1) is 24.2. The molecule has 1 aromatic heterocycles. The minimum atomic E-state index is 0. The molecule has 0 radical (unpaired) electrons. The van der Waals surface area contributed by atoms with Crippen LogP contribution in [-0.4, -0.2) is 48.0 Å². The van der Waals surface area contributed by atoms with E-state index in [0.717, 1.165) is 67.1 Å². The van der Waals surface area contributed by atoms with E-state index in [1.807, 2.05) is 18.2 Å². The van der Waals surface area contributed by atoms with Crippen molar-refractivity contribution in [1.82, 2.24) is 25.4 Å². The van der Waals surface area contributed by atoms with E-state index in [2.05, 4.69) is 32.3 Å². The Morgan fingerprint density at radius 3 is 2.77 bits per heavy atom. The van der Waals surface area contributed by atoms with Gasteiger partial charge in [0.2, 0.25) is 0 Å². The van der Waals surface area contributed by atoms with Gasteiger partial charge in [0, 0.05) is 44.1 Å². The van der Waals surface area contributed by atoms with Crippen LogP contribution in [0.5, 0.6) is 11.5 Å². The summed E-state index contributed by atoms with van der Waals surface area (Å²) in [5.41, 5.74) is 1.01. The van der Waals surface area contributed by atoms with E-state index in [4.69, 9.17) is 14.5 Å². The number of aryl methyl sites for hydroxylation is 1. The number of halogens is 1. The maximum atomic E-state index is 5.47. The predicted molar refractivity (Wildman–Crippen MR) is 129 cm³/mol. The van der Waals surface area contributed by atoms with E-state index < -0.39 is 0 Å². The summed E-state index contributed by atoms with van der Waals surface area (Å²) in [6, 6.07) is 5.78. The van der Waals surface area contributed by atoms with Gasteiger partial charge in [0.25, 0.3) is 0 Å². The van der Waals surface area contributed by atoms with Crippen molar-refractivity contribution in [3.8, 4) is 11.5 Å². The van der Waals surface area contributed by atoms with Crippen LogP contribution in [0.3, 0.4) is 0 Å². The number of hydrogen-bond donors (Lipinski definition) is 2. The molecule has 3 rings (SSSR count). The topological polar surface area (TPSA) is 85.6 Å². The Morgan fingerprint density at radius 1 is 1.13 bits per heavy atom. The zero-order valence-electron chi connectivity index (χ0n) is 18.1. The fourth-order valence-electron chi connectivity index (χ4n) is 3.51.